The monoisotopic (exact) mass is 406 g/mol. The highest BCUT2D eigenvalue weighted by Gasteiger charge is 2.31. The molecule has 0 fully saturated rings. The van der Waals surface area contributed by atoms with Gasteiger partial charge >= 0.3 is 0 Å². The van der Waals surface area contributed by atoms with E-state index in [9.17, 15) is 4.79 Å². The van der Waals surface area contributed by atoms with Gasteiger partial charge in [-0.2, -0.15) is 4.98 Å². The first-order valence-corrected chi connectivity index (χ1v) is 10.1. The van der Waals surface area contributed by atoms with E-state index in [1.807, 2.05) is 6.07 Å². The molecule has 0 aliphatic carbocycles. The second-order valence-electron chi connectivity index (χ2n) is 6.20. The number of hydrogen-bond donors (Lipinski definition) is 1. The maximum absolute atomic E-state index is 12.5. The third kappa shape index (κ3) is 2.78. The summed E-state index contributed by atoms with van der Waals surface area (Å²) in [5.74, 6) is 0.956. The van der Waals surface area contributed by atoms with Crippen molar-refractivity contribution in [1.29, 1.82) is 0 Å². The summed E-state index contributed by atoms with van der Waals surface area (Å²) in [7, 11) is 0. The van der Waals surface area contributed by atoms with Gasteiger partial charge in [-0.3, -0.25) is 9.69 Å². The highest BCUT2D eigenvalue weighted by molar-refractivity contribution is 9.09. The van der Waals surface area contributed by atoms with Gasteiger partial charge in [0.25, 0.3) is 5.56 Å². The first kappa shape index (κ1) is 16.2. The van der Waals surface area contributed by atoms with Crippen molar-refractivity contribution in [2.45, 2.75) is 36.5 Å². The molecule has 1 N–H and O–H groups in total. The van der Waals surface area contributed by atoms with E-state index in [2.05, 4.69) is 66.9 Å². The van der Waals surface area contributed by atoms with E-state index in [-0.39, 0.29) is 11.6 Å². The van der Waals surface area contributed by atoms with Crippen LogP contribution in [0.4, 0.5) is 5.82 Å². The van der Waals surface area contributed by atoms with Crippen molar-refractivity contribution in [1.82, 2.24) is 14.5 Å². The molecule has 0 saturated carbocycles. The summed E-state index contributed by atoms with van der Waals surface area (Å²) in [6.07, 6.45) is 0. The van der Waals surface area contributed by atoms with Crippen molar-refractivity contribution in [2.75, 3.05) is 17.3 Å². The Bertz CT molecular complexity index is 810. The van der Waals surface area contributed by atoms with Crippen molar-refractivity contribution >= 4 is 33.5 Å². The van der Waals surface area contributed by atoms with E-state index < -0.39 is 0 Å². The van der Waals surface area contributed by atoms with E-state index in [4.69, 9.17) is 0 Å². The van der Waals surface area contributed by atoms with E-state index in [1.54, 1.807) is 11.8 Å². The van der Waals surface area contributed by atoms with Crippen molar-refractivity contribution < 1.29 is 0 Å². The molecule has 0 bridgehead atoms. The Labute approximate surface area is 153 Å². The van der Waals surface area contributed by atoms with Crippen LogP contribution >= 0.6 is 27.7 Å². The molecule has 1 aromatic heterocycles. The summed E-state index contributed by atoms with van der Waals surface area (Å²) in [5.41, 5.74) is 1.94. The lowest BCUT2D eigenvalue weighted by Gasteiger charge is -2.35. The van der Waals surface area contributed by atoms with Gasteiger partial charge in [-0.15, -0.1) is 0 Å². The summed E-state index contributed by atoms with van der Waals surface area (Å²) in [5, 5.41) is 5.64. The molecule has 0 saturated heterocycles. The zero-order valence-electron chi connectivity index (χ0n) is 13.4. The smallest absolute Gasteiger partial charge is 0.280 e. The molecule has 0 radical (unpaired) electrons. The highest BCUT2D eigenvalue weighted by atomic mass is 79.9. The van der Waals surface area contributed by atoms with Gasteiger partial charge in [0.2, 0.25) is 0 Å². The number of nitrogens with one attached hydrogen (secondary N) is 1. The molecule has 5 nitrogen and oxygen atoms in total. The van der Waals surface area contributed by atoms with Gasteiger partial charge in [0.1, 0.15) is 5.82 Å². The second kappa shape index (κ2) is 6.54. The maximum Gasteiger partial charge on any atom is 0.280 e. The molecule has 7 heteroatoms. The van der Waals surface area contributed by atoms with E-state index in [1.165, 1.54) is 5.56 Å². The van der Waals surface area contributed by atoms with Crippen molar-refractivity contribution in [2.24, 2.45) is 0 Å². The second-order valence-corrected chi connectivity index (χ2v) is 8.11. The maximum atomic E-state index is 12.5. The summed E-state index contributed by atoms with van der Waals surface area (Å²) in [6.45, 7) is 4.43. The van der Waals surface area contributed by atoms with Gasteiger partial charge in [0.05, 0.1) is 12.2 Å². The van der Waals surface area contributed by atoms with Crippen LogP contribution in [0.25, 0.3) is 0 Å². The van der Waals surface area contributed by atoms with Gasteiger partial charge < -0.3 is 9.88 Å². The zero-order chi connectivity index (χ0) is 16.7. The number of aromatic nitrogens is 2. The van der Waals surface area contributed by atoms with Crippen LogP contribution in [0.1, 0.15) is 24.1 Å². The van der Waals surface area contributed by atoms with Crippen LogP contribution in [0.3, 0.4) is 0 Å². The van der Waals surface area contributed by atoms with Gasteiger partial charge in [-0.25, -0.2) is 0 Å². The fourth-order valence-electron chi connectivity index (χ4n) is 3.30. The molecular weight excluding hydrogens is 388 g/mol. The molecule has 2 atom stereocenters. The zero-order valence-corrected chi connectivity index (χ0v) is 15.8. The van der Waals surface area contributed by atoms with Crippen molar-refractivity contribution in [3.63, 3.8) is 0 Å². The summed E-state index contributed by atoms with van der Waals surface area (Å²) in [6, 6.07) is 10.6. The summed E-state index contributed by atoms with van der Waals surface area (Å²) < 4.78 is 2.16. The third-order valence-electron chi connectivity index (χ3n) is 4.71. The van der Waals surface area contributed by atoms with Gasteiger partial charge in [-0.1, -0.05) is 58.0 Å². The van der Waals surface area contributed by atoms with Crippen LogP contribution in [-0.2, 0) is 13.1 Å². The Morgan fingerprint density at radius 1 is 1.42 bits per heavy atom. The lowest BCUT2D eigenvalue weighted by Crippen LogP contribution is -2.40. The minimum atomic E-state index is -0.101. The standard InChI is InChI=1S/C17H19BrN4OS/c1-11(12-5-3-2-4-6-12)21-9-14-15(19-10-21)22-8-13(7-18)24-17(22)20-16(14)23/h2-6,11,13,19H,7-10H2,1H3/t11-,13+/m0/s1. The predicted molar refractivity (Wildman–Crippen MR) is 101 cm³/mol. The molecule has 2 aromatic rings. The minimum Gasteiger partial charge on any atom is -0.358 e. The number of halogens is 1. The Kier molecular flexibility index (Phi) is 4.40. The van der Waals surface area contributed by atoms with Gasteiger partial charge in [0.15, 0.2) is 5.16 Å². The molecule has 24 heavy (non-hydrogen) atoms. The molecule has 4 rings (SSSR count). The average Bonchev–Trinajstić information content (AvgIpc) is 3.05. The normalized spacial score (nSPS) is 21.0. The summed E-state index contributed by atoms with van der Waals surface area (Å²) >= 11 is 5.21. The van der Waals surface area contributed by atoms with Crippen LogP contribution in [0, 0.1) is 0 Å². The molecule has 1 aromatic carbocycles. The SMILES string of the molecule is C[C@@H](c1ccccc1)N1CNc2c(c(=O)nc3n2C[C@@H](CBr)S3)C1. The largest absolute Gasteiger partial charge is 0.358 e. The first-order valence-electron chi connectivity index (χ1n) is 8.06. The van der Waals surface area contributed by atoms with Crippen LogP contribution in [-0.4, -0.2) is 31.7 Å². The lowest BCUT2D eigenvalue weighted by molar-refractivity contribution is 0.206. The molecule has 0 amide bonds. The number of benzene rings is 1. The van der Waals surface area contributed by atoms with Crippen LogP contribution in [0.15, 0.2) is 40.3 Å². The van der Waals surface area contributed by atoms with E-state index in [0.717, 1.165) is 35.1 Å². The fraction of sp³-hybridized carbons (Fsp3) is 0.412. The van der Waals surface area contributed by atoms with Crippen molar-refractivity contribution in [3.05, 3.63) is 51.8 Å². The number of rotatable bonds is 3. The molecular formula is C17H19BrN4OS. The average molecular weight is 407 g/mol. The molecule has 2 aliphatic heterocycles. The first-order chi connectivity index (χ1) is 11.7. The van der Waals surface area contributed by atoms with Crippen molar-refractivity contribution in [3.8, 4) is 0 Å². The van der Waals surface area contributed by atoms with Crippen LogP contribution < -0.4 is 10.9 Å². The van der Waals surface area contributed by atoms with Crippen LogP contribution in [0.2, 0.25) is 0 Å². The Morgan fingerprint density at radius 3 is 2.96 bits per heavy atom. The quantitative estimate of drug-likeness (QED) is 0.626. The summed E-state index contributed by atoms with van der Waals surface area (Å²) in [4.78, 5) is 19.1. The molecule has 126 valence electrons. The van der Waals surface area contributed by atoms with E-state index in [0.29, 0.717) is 11.8 Å². The third-order valence-corrected chi connectivity index (χ3v) is 7.09. The van der Waals surface area contributed by atoms with Gasteiger partial charge in [-0.05, 0) is 12.5 Å². The molecule has 0 spiro atoms. The predicted octanol–water partition coefficient (Wildman–Crippen LogP) is 3.06. The highest BCUT2D eigenvalue weighted by Crippen LogP contribution is 2.36. The Morgan fingerprint density at radius 2 is 2.21 bits per heavy atom. The number of alkyl halides is 1. The number of anilines is 1. The number of nitrogens with zero attached hydrogens (tertiary/aromatic N) is 3. The van der Waals surface area contributed by atoms with Gasteiger partial charge in [0, 0.05) is 29.7 Å². The molecule has 3 heterocycles. The topological polar surface area (TPSA) is 50.2 Å². The number of thioether (sulfide) groups is 1. The Hall–Kier alpha value is -1.31. The number of hydrogen-bond acceptors (Lipinski definition) is 5. The molecule has 0 unspecified atom stereocenters. The minimum absolute atomic E-state index is 0.101. The van der Waals surface area contributed by atoms with E-state index >= 15 is 0 Å². The van der Waals surface area contributed by atoms with Crippen LogP contribution in [0.5, 0.6) is 0 Å². The fourth-order valence-corrected chi connectivity index (χ4v) is 4.92. The number of fused-ring (bicyclic) bond motifs is 3. The lowest BCUT2D eigenvalue weighted by atomic mass is 10.1. The Balaban J connectivity index is 1.64. The molecule has 2 aliphatic rings.